The van der Waals surface area contributed by atoms with Crippen LogP contribution in [0.1, 0.15) is 19.4 Å². The first-order chi connectivity index (χ1) is 19.5. The molecule has 5 aromatic rings. The Morgan fingerprint density at radius 1 is 0.610 bits per heavy atom. The summed E-state index contributed by atoms with van der Waals surface area (Å²) in [4.78, 5) is 8.44. The molecule has 6 heteroatoms. The van der Waals surface area contributed by atoms with Crippen molar-refractivity contribution in [1.29, 1.82) is 0 Å². The van der Waals surface area contributed by atoms with Crippen molar-refractivity contribution < 1.29 is 35.4 Å². The zero-order chi connectivity index (χ0) is 29.0. The molecule has 0 spiro atoms. The molecule has 5 nitrogen and oxygen atoms in total. The van der Waals surface area contributed by atoms with E-state index >= 15 is 0 Å². The Labute approximate surface area is 258 Å². The van der Waals surface area contributed by atoms with Crippen LogP contribution >= 0.6 is 0 Å². The zero-order valence-electron chi connectivity index (χ0n) is 23.6. The Balaban J connectivity index is 0.000000295. The van der Waals surface area contributed by atoms with Crippen LogP contribution in [0.2, 0.25) is 0 Å². The molecule has 3 aromatic carbocycles. The number of hydrogen-bond acceptors (Lipinski definition) is 5. The first-order valence-electron chi connectivity index (χ1n) is 13.2. The van der Waals surface area contributed by atoms with Crippen molar-refractivity contribution in [3.63, 3.8) is 0 Å². The van der Waals surface area contributed by atoms with Gasteiger partial charge in [0.25, 0.3) is 0 Å². The fraction of sp³-hybridized carbons (Fsp3) is 0.200. The summed E-state index contributed by atoms with van der Waals surface area (Å²) in [6.45, 7) is 3.57. The van der Waals surface area contributed by atoms with E-state index in [0.717, 1.165) is 35.2 Å². The van der Waals surface area contributed by atoms with Crippen LogP contribution in [0.3, 0.4) is 0 Å². The number of aromatic nitrogens is 2. The van der Waals surface area contributed by atoms with Crippen LogP contribution in [-0.2, 0) is 26.5 Å². The minimum absolute atomic E-state index is 0. The third-order valence-electron chi connectivity index (χ3n) is 5.96. The minimum Gasteiger partial charge on any atom is -0.400 e. The van der Waals surface area contributed by atoms with Gasteiger partial charge in [0.2, 0.25) is 0 Å². The average molecular weight is 727 g/mol. The number of aliphatic hydroxyl groups excluding tert-OH is 3. The van der Waals surface area contributed by atoms with Crippen LogP contribution in [-0.4, -0.2) is 44.6 Å². The Morgan fingerprint density at radius 2 is 1.05 bits per heavy atom. The summed E-state index contributed by atoms with van der Waals surface area (Å²) in [6.07, 6.45) is 3.24. The van der Waals surface area contributed by atoms with Gasteiger partial charge in [0.05, 0.1) is 12.2 Å². The number of aliphatic hydroxyl groups is 3. The number of rotatable bonds is 6. The van der Waals surface area contributed by atoms with Crippen molar-refractivity contribution in [3.05, 3.63) is 145 Å². The van der Waals surface area contributed by atoms with E-state index in [1.54, 1.807) is 19.3 Å². The van der Waals surface area contributed by atoms with Crippen LogP contribution in [0.4, 0.5) is 0 Å². The maximum atomic E-state index is 9.78. The van der Waals surface area contributed by atoms with E-state index in [4.69, 9.17) is 5.11 Å². The van der Waals surface area contributed by atoms with Crippen molar-refractivity contribution >= 4 is 0 Å². The van der Waals surface area contributed by atoms with Crippen LogP contribution in [0, 0.1) is 18.1 Å². The third kappa shape index (κ3) is 13.6. The Morgan fingerprint density at radius 3 is 1.41 bits per heavy atom. The summed E-state index contributed by atoms with van der Waals surface area (Å²) < 4.78 is 0. The first kappa shape index (κ1) is 35.5. The van der Waals surface area contributed by atoms with Gasteiger partial charge in [-0.15, -0.1) is 71.8 Å². The van der Waals surface area contributed by atoms with E-state index in [1.165, 1.54) is 0 Å². The van der Waals surface area contributed by atoms with Crippen LogP contribution in [0.15, 0.2) is 128 Å². The monoisotopic (exact) mass is 727 g/mol. The Bertz CT molecular complexity index is 1130. The topological polar surface area (TPSA) is 86.5 Å². The van der Waals surface area contributed by atoms with Crippen LogP contribution < -0.4 is 0 Å². The van der Waals surface area contributed by atoms with Gasteiger partial charge >= 0.3 is 0 Å². The summed E-state index contributed by atoms with van der Waals surface area (Å²) in [6, 6.07) is 43.5. The SMILES string of the molecule is CC(O)C(C)C(O)Cc1ccccc1.CO.[Ir].[c-]1ccccc1-c1ccccn1.[c-]1ccccc1-c1ccccn1. The quantitative estimate of drug-likeness (QED) is 0.179. The third-order valence-corrected chi connectivity index (χ3v) is 5.96. The molecule has 0 saturated carbocycles. The summed E-state index contributed by atoms with van der Waals surface area (Å²) in [5.74, 6) is -0.0878. The van der Waals surface area contributed by atoms with E-state index < -0.39 is 12.2 Å². The molecule has 2 aromatic heterocycles. The summed E-state index contributed by atoms with van der Waals surface area (Å²) in [5.41, 5.74) is 5.12. The second kappa shape index (κ2) is 21.3. The molecule has 0 aliphatic carbocycles. The second-order valence-electron chi connectivity index (χ2n) is 8.84. The van der Waals surface area contributed by atoms with E-state index in [1.807, 2.05) is 122 Å². The van der Waals surface area contributed by atoms with Crippen molar-refractivity contribution in [2.75, 3.05) is 7.11 Å². The number of hydrogen-bond donors (Lipinski definition) is 3. The van der Waals surface area contributed by atoms with Gasteiger partial charge in [0, 0.05) is 45.5 Å². The molecular weight excluding hydrogens is 689 g/mol. The van der Waals surface area contributed by atoms with Gasteiger partial charge in [-0.3, -0.25) is 0 Å². The normalized spacial score (nSPS) is 11.8. The molecule has 0 aliphatic heterocycles. The molecule has 3 unspecified atom stereocenters. The molecular formula is C35H38IrN2O3-2. The van der Waals surface area contributed by atoms with Crippen LogP contribution in [0.5, 0.6) is 0 Å². The van der Waals surface area contributed by atoms with Gasteiger partial charge in [-0.25, -0.2) is 0 Å². The largest absolute Gasteiger partial charge is 0.400 e. The number of nitrogens with zero attached hydrogens (tertiary/aromatic N) is 2. The second-order valence-corrected chi connectivity index (χ2v) is 8.84. The fourth-order valence-corrected chi connectivity index (χ4v) is 3.51. The molecule has 0 saturated heterocycles. The van der Waals surface area contributed by atoms with Crippen molar-refractivity contribution in [2.45, 2.75) is 32.5 Å². The molecule has 3 N–H and O–H groups in total. The van der Waals surface area contributed by atoms with Gasteiger partial charge in [-0.05, 0) is 42.4 Å². The molecule has 2 heterocycles. The first-order valence-corrected chi connectivity index (χ1v) is 13.2. The maximum absolute atomic E-state index is 9.78. The number of benzene rings is 3. The summed E-state index contributed by atoms with van der Waals surface area (Å²) in [5, 5.41) is 26.1. The standard InChI is InChI=1S/C12H18O2.2C11H8N.CH4O.Ir/c1-9(10(2)13)12(14)8-11-6-4-3-5-7-11;2*1-2-6-10(7-3-1)11-8-4-5-9-12-11;1-2;/h3-7,9-10,12-14H,8H2,1-2H3;2*1-6,8-9H;2H,1H3;/q;2*-1;;. The molecule has 0 bridgehead atoms. The minimum atomic E-state index is -0.475. The molecule has 5 rings (SSSR count). The van der Waals surface area contributed by atoms with Gasteiger partial charge in [0.15, 0.2) is 0 Å². The van der Waals surface area contributed by atoms with E-state index in [9.17, 15) is 10.2 Å². The fourth-order valence-electron chi connectivity index (χ4n) is 3.51. The van der Waals surface area contributed by atoms with E-state index in [0.29, 0.717) is 6.42 Å². The van der Waals surface area contributed by atoms with Gasteiger partial charge < -0.3 is 25.3 Å². The van der Waals surface area contributed by atoms with E-state index in [2.05, 4.69) is 22.1 Å². The molecule has 1 radical (unpaired) electrons. The Hall–Kier alpha value is -3.51. The van der Waals surface area contributed by atoms with Crippen molar-refractivity contribution in [1.82, 2.24) is 9.97 Å². The molecule has 0 amide bonds. The number of pyridine rings is 2. The average Bonchev–Trinajstić information content (AvgIpc) is 3.04. The predicted octanol–water partition coefficient (Wildman–Crippen LogP) is 6.31. The molecule has 3 atom stereocenters. The van der Waals surface area contributed by atoms with Crippen molar-refractivity contribution in [3.8, 4) is 22.5 Å². The van der Waals surface area contributed by atoms with Gasteiger partial charge in [-0.2, -0.15) is 0 Å². The molecule has 0 aliphatic rings. The van der Waals surface area contributed by atoms with E-state index in [-0.39, 0.29) is 26.0 Å². The zero-order valence-corrected chi connectivity index (χ0v) is 26.0. The molecule has 217 valence electrons. The summed E-state index contributed by atoms with van der Waals surface area (Å²) >= 11 is 0. The Kier molecular flexibility index (Phi) is 18.4. The van der Waals surface area contributed by atoms with Gasteiger partial charge in [-0.1, -0.05) is 61.5 Å². The van der Waals surface area contributed by atoms with Crippen molar-refractivity contribution in [2.24, 2.45) is 5.92 Å². The smallest absolute Gasteiger partial charge is 0.0630 e. The summed E-state index contributed by atoms with van der Waals surface area (Å²) in [7, 11) is 1.00. The van der Waals surface area contributed by atoms with Crippen LogP contribution in [0.25, 0.3) is 22.5 Å². The van der Waals surface area contributed by atoms with Gasteiger partial charge in [0.1, 0.15) is 0 Å². The predicted molar refractivity (Wildman–Crippen MR) is 162 cm³/mol. The molecule has 41 heavy (non-hydrogen) atoms. The molecule has 0 fully saturated rings. The maximum Gasteiger partial charge on any atom is 0.0630 e.